The number of rotatable bonds is 6. The van der Waals surface area contributed by atoms with Crippen molar-refractivity contribution in [3.8, 4) is 0 Å². The minimum absolute atomic E-state index is 0.0137. The third-order valence-electron chi connectivity index (χ3n) is 11.1. The average Bonchev–Trinajstić information content (AvgIpc) is 3.12. The molecule has 4 N–H and O–H groups in total. The van der Waals surface area contributed by atoms with Gasteiger partial charge in [-0.05, 0) is 86.4 Å². The molecule has 4 fully saturated rings. The molecule has 4 saturated carbocycles. The maximum atomic E-state index is 12.6. The SMILES string of the molecule is CC(CCC(=O)O)C1CCC2C3C(CC(O)(C=O)C12C)C1(C)CCC(O)CC1CC3(O)C=O. The molecule has 4 rings (SSSR count). The molecule has 186 valence electrons. The highest BCUT2D eigenvalue weighted by atomic mass is 16.4. The molecule has 0 saturated heterocycles. The lowest BCUT2D eigenvalue weighted by molar-refractivity contribution is -0.253. The zero-order valence-electron chi connectivity index (χ0n) is 20.1. The maximum absolute atomic E-state index is 12.6. The van der Waals surface area contributed by atoms with Crippen LogP contribution in [0.4, 0.5) is 0 Å². The van der Waals surface area contributed by atoms with E-state index in [2.05, 4.69) is 6.92 Å². The zero-order valence-corrected chi connectivity index (χ0v) is 20.1. The summed E-state index contributed by atoms with van der Waals surface area (Å²) in [6.45, 7) is 6.08. The van der Waals surface area contributed by atoms with Gasteiger partial charge < -0.3 is 30.0 Å². The topological polar surface area (TPSA) is 132 Å². The van der Waals surface area contributed by atoms with E-state index in [1.165, 1.54) is 0 Å². The Hall–Kier alpha value is -1.31. The first kappa shape index (κ1) is 24.8. The standard InChI is InChI=1S/C26H40O7/c1-15(4-7-21(30)31)18-5-6-19-22-20(12-26(33,14-28)24(18,19)3)23(2)9-8-17(29)10-16(23)11-25(22,32)13-27/h13-20,22,29,32-33H,4-12H2,1-3H3,(H,30,31). The molecule has 11 atom stereocenters. The van der Waals surface area contributed by atoms with Crippen molar-refractivity contribution in [3.05, 3.63) is 0 Å². The molecule has 11 unspecified atom stereocenters. The summed E-state index contributed by atoms with van der Waals surface area (Å²) in [6, 6.07) is 0. The van der Waals surface area contributed by atoms with Crippen LogP contribution in [0.5, 0.6) is 0 Å². The van der Waals surface area contributed by atoms with E-state index in [4.69, 9.17) is 5.11 Å². The lowest BCUT2D eigenvalue weighted by atomic mass is 9.38. The minimum atomic E-state index is -1.61. The summed E-state index contributed by atoms with van der Waals surface area (Å²) in [4.78, 5) is 36.1. The molecule has 7 heteroatoms. The van der Waals surface area contributed by atoms with Crippen LogP contribution in [0.1, 0.15) is 78.6 Å². The van der Waals surface area contributed by atoms with Gasteiger partial charge >= 0.3 is 5.97 Å². The number of hydrogen-bond donors (Lipinski definition) is 4. The Balaban J connectivity index is 1.78. The normalized spacial score (nSPS) is 52.2. The number of fused-ring (bicyclic) bond motifs is 5. The third-order valence-corrected chi connectivity index (χ3v) is 11.1. The summed E-state index contributed by atoms with van der Waals surface area (Å²) in [5, 5.41) is 43.1. The number of aliphatic hydroxyl groups excluding tert-OH is 1. The smallest absolute Gasteiger partial charge is 0.303 e. The molecule has 0 heterocycles. The van der Waals surface area contributed by atoms with Crippen LogP contribution in [-0.2, 0) is 14.4 Å². The van der Waals surface area contributed by atoms with E-state index in [0.717, 1.165) is 12.8 Å². The summed E-state index contributed by atoms with van der Waals surface area (Å²) >= 11 is 0. The van der Waals surface area contributed by atoms with Crippen molar-refractivity contribution in [3.63, 3.8) is 0 Å². The Labute approximate surface area is 196 Å². The van der Waals surface area contributed by atoms with Gasteiger partial charge in [-0.25, -0.2) is 0 Å². The fourth-order valence-electron chi connectivity index (χ4n) is 9.19. The molecule has 0 aromatic heterocycles. The number of carbonyl (C=O) groups is 3. The zero-order chi connectivity index (χ0) is 24.4. The van der Waals surface area contributed by atoms with Gasteiger partial charge in [-0.2, -0.15) is 0 Å². The Kier molecular flexibility index (Phi) is 6.11. The molecule has 0 aliphatic heterocycles. The van der Waals surface area contributed by atoms with E-state index >= 15 is 0 Å². The summed E-state index contributed by atoms with van der Waals surface area (Å²) in [6.07, 6.45) is 5.22. The first-order valence-electron chi connectivity index (χ1n) is 12.6. The Morgan fingerprint density at radius 3 is 2.36 bits per heavy atom. The minimum Gasteiger partial charge on any atom is -0.481 e. The second kappa shape index (κ2) is 8.13. The number of aliphatic carboxylic acids is 1. The van der Waals surface area contributed by atoms with Crippen LogP contribution in [-0.4, -0.2) is 56.3 Å². The van der Waals surface area contributed by atoms with Crippen molar-refractivity contribution >= 4 is 18.5 Å². The Morgan fingerprint density at radius 1 is 1.06 bits per heavy atom. The van der Waals surface area contributed by atoms with Gasteiger partial charge in [0.05, 0.1) is 6.10 Å². The molecule has 0 bridgehead atoms. The summed E-state index contributed by atoms with van der Waals surface area (Å²) in [5.41, 5.74) is -4.28. The first-order chi connectivity index (χ1) is 15.4. The maximum Gasteiger partial charge on any atom is 0.303 e. The predicted molar refractivity (Wildman–Crippen MR) is 120 cm³/mol. The number of carboxylic acids is 1. The van der Waals surface area contributed by atoms with Gasteiger partial charge in [-0.15, -0.1) is 0 Å². The lowest BCUT2D eigenvalue weighted by Gasteiger charge is -2.67. The van der Waals surface area contributed by atoms with Gasteiger partial charge in [0.2, 0.25) is 0 Å². The number of carbonyl (C=O) groups excluding carboxylic acids is 2. The van der Waals surface area contributed by atoms with E-state index in [9.17, 15) is 29.7 Å². The van der Waals surface area contributed by atoms with Crippen molar-refractivity contribution in [1.82, 2.24) is 0 Å². The molecular formula is C26H40O7. The molecule has 7 nitrogen and oxygen atoms in total. The van der Waals surface area contributed by atoms with Gasteiger partial charge in [0.1, 0.15) is 11.2 Å². The van der Waals surface area contributed by atoms with E-state index in [1.54, 1.807) is 0 Å². The van der Waals surface area contributed by atoms with Crippen molar-refractivity contribution in [2.45, 2.75) is 95.9 Å². The molecule has 33 heavy (non-hydrogen) atoms. The predicted octanol–water partition coefficient (Wildman–Crippen LogP) is 2.59. The number of hydrogen-bond acceptors (Lipinski definition) is 6. The Morgan fingerprint density at radius 2 is 1.76 bits per heavy atom. The molecule has 4 aliphatic rings. The fraction of sp³-hybridized carbons (Fsp3) is 0.885. The molecular weight excluding hydrogens is 424 g/mol. The number of aldehydes is 2. The fourth-order valence-corrected chi connectivity index (χ4v) is 9.19. The van der Waals surface area contributed by atoms with E-state index in [-0.39, 0.29) is 53.8 Å². The first-order valence-corrected chi connectivity index (χ1v) is 12.6. The third kappa shape index (κ3) is 3.44. The summed E-state index contributed by atoms with van der Waals surface area (Å²) in [7, 11) is 0. The monoisotopic (exact) mass is 464 g/mol. The van der Waals surface area contributed by atoms with Crippen LogP contribution in [0.15, 0.2) is 0 Å². The summed E-state index contributed by atoms with van der Waals surface area (Å²) < 4.78 is 0. The highest BCUT2D eigenvalue weighted by molar-refractivity contribution is 5.68. The second-order valence-electron chi connectivity index (χ2n) is 12.3. The molecule has 0 aromatic carbocycles. The van der Waals surface area contributed by atoms with Crippen LogP contribution in [0.25, 0.3) is 0 Å². The number of carboxylic acid groups (broad SMARTS) is 1. The molecule has 0 radical (unpaired) electrons. The van der Waals surface area contributed by atoms with Crippen LogP contribution >= 0.6 is 0 Å². The van der Waals surface area contributed by atoms with Crippen molar-refractivity contribution in [1.29, 1.82) is 0 Å². The largest absolute Gasteiger partial charge is 0.481 e. The van der Waals surface area contributed by atoms with E-state index in [1.807, 2.05) is 13.8 Å². The summed E-state index contributed by atoms with van der Waals surface area (Å²) in [5.74, 6) is -1.80. The molecule has 0 amide bonds. The van der Waals surface area contributed by atoms with Gasteiger partial charge in [0.25, 0.3) is 0 Å². The molecule has 4 aliphatic carbocycles. The highest BCUT2D eigenvalue weighted by Gasteiger charge is 2.73. The van der Waals surface area contributed by atoms with Gasteiger partial charge in [0.15, 0.2) is 12.6 Å². The quantitative estimate of drug-likeness (QED) is 0.444. The Bertz CT molecular complexity index is 814. The van der Waals surface area contributed by atoms with E-state index < -0.39 is 28.7 Å². The average molecular weight is 465 g/mol. The molecule has 0 spiro atoms. The van der Waals surface area contributed by atoms with Crippen LogP contribution in [0.2, 0.25) is 0 Å². The van der Waals surface area contributed by atoms with Crippen molar-refractivity contribution < 1.29 is 34.8 Å². The van der Waals surface area contributed by atoms with Gasteiger partial charge in [-0.3, -0.25) is 4.79 Å². The second-order valence-corrected chi connectivity index (χ2v) is 12.3. The van der Waals surface area contributed by atoms with E-state index in [0.29, 0.717) is 44.7 Å². The van der Waals surface area contributed by atoms with Crippen LogP contribution < -0.4 is 0 Å². The van der Waals surface area contributed by atoms with Crippen LogP contribution in [0, 0.1) is 46.3 Å². The highest BCUT2D eigenvalue weighted by Crippen LogP contribution is 2.72. The lowest BCUT2D eigenvalue weighted by Crippen LogP contribution is -2.70. The van der Waals surface area contributed by atoms with Gasteiger partial charge in [0, 0.05) is 17.8 Å². The van der Waals surface area contributed by atoms with Crippen molar-refractivity contribution in [2.24, 2.45) is 46.3 Å². The molecule has 0 aromatic rings. The van der Waals surface area contributed by atoms with Crippen molar-refractivity contribution in [2.75, 3.05) is 0 Å². The van der Waals surface area contributed by atoms with Crippen LogP contribution in [0.3, 0.4) is 0 Å². The number of aliphatic hydroxyl groups is 3. The van der Waals surface area contributed by atoms with Gasteiger partial charge in [-0.1, -0.05) is 20.8 Å².